The molecule has 0 saturated heterocycles. The predicted octanol–water partition coefficient (Wildman–Crippen LogP) is 1.81. The van der Waals surface area contributed by atoms with Crippen LogP contribution in [-0.2, 0) is 6.54 Å². The van der Waals surface area contributed by atoms with Gasteiger partial charge in [0, 0.05) is 24.5 Å². The first-order valence-corrected chi connectivity index (χ1v) is 5.57. The van der Waals surface area contributed by atoms with E-state index in [9.17, 15) is 0 Å². The molecule has 1 saturated carbocycles. The van der Waals surface area contributed by atoms with E-state index in [-0.39, 0.29) is 0 Å². The largest absolute Gasteiger partial charge is 0.309 e. The molecule has 0 atom stereocenters. The molecule has 1 aliphatic carbocycles. The van der Waals surface area contributed by atoms with Gasteiger partial charge in [0.2, 0.25) is 0 Å². The van der Waals surface area contributed by atoms with Crippen molar-refractivity contribution in [3.8, 4) is 0 Å². The van der Waals surface area contributed by atoms with Gasteiger partial charge in [-0.2, -0.15) is 5.10 Å². The zero-order chi connectivity index (χ0) is 9.86. The standard InChI is InChI=1S/C11H19N3/c1-2-11(5-3-6-11)12-8-10-14-9-4-7-13-14/h4,7,9,12H,2-3,5-6,8,10H2,1H3. The molecular weight excluding hydrogens is 174 g/mol. The fourth-order valence-electron chi connectivity index (χ4n) is 2.13. The third-order valence-corrected chi connectivity index (χ3v) is 3.39. The highest BCUT2D eigenvalue weighted by Gasteiger charge is 2.33. The Bertz CT molecular complexity index is 257. The Morgan fingerprint density at radius 1 is 1.50 bits per heavy atom. The summed E-state index contributed by atoms with van der Waals surface area (Å²) in [5, 5.41) is 7.84. The molecule has 1 fully saturated rings. The highest BCUT2D eigenvalue weighted by atomic mass is 15.3. The van der Waals surface area contributed by atoms with Crippen LogP contribution >= 0.6 is 0 Å². The number of aromatic nitrogens is 2. The molecule has 0 amide bonds. The van der Waals surface area contributed by atoms with Gasteiger partial charge in [-0.3, -0.25) is 4.68 Å². The Morgan fingerprint density at radius 3 is 2.86 bits per heavy atom. The van der Waals surface area contributed by atoms with Crippen molar-refractivity contribution in [3.05, 3.63) is 18.5 Å². The van der Waals surface area contributed by atoms with E-state index in [2.05, 4.69) is 17.3 Å². The molecule has 2 rings (SSSR count). The van der Waals surface area contributed by atoms with Crippen LogP contribution in [0.1, 0.15) is 32.6 Å². The maximum Gasteiger partial charge on any atom is 0.0534 e. The van der Waals surface area contributed by atoms with E-state index in [0.717, 1.165) is 13.1 Å². The number of hydrogen-bond acceptors (Lipinski definition) is 2. The summed E-state index contributed by atoms with van der Waals surface area (Å²) >= 11 is 0. The molecule has 0 unspecified atom stereocenters. The van der Waals surface area contributed by atoms with Crippen molar-refractivity contribution in [2.45, 2.75) is 44.7 Å². The summed E-state index contributed by atoms with van der Waals surface area (Å²) in [6.45, 7) is 4.30. The van der Waals surface area contributed by atoms with Crippen LogP contribution < -0.4 is 5.32 Å². The van der Waals surface area contributed by atoms with Crippen molar-refractivity contribution in [2.75, 3.05) is 6.54 Å². The van der Waals surface area contributed by atoms with Gasteiger partial charge in [-0.15, -0.1) is 0 Å². The predicted molar refractivity (Wildman–Crippen MR) is 57.1 cm³/mol. The summed E-state index contributed by atoms with van der Waals surface area (Å²) in [6.07, 6.45) is 9.19. The van der Waals surface area contributed by atoms with Crippen molar-refractivity contribution in [1.82, 2.24) is 15.1 Å². The molecule has 14 heavy (non-hydrogen) atoms. The normalized spacial score (nSPS) is 19.2. The molecule has 78 valence electrons. The molecular formula is C11H19N3. The van der Waals surface area contributed by atoms with E-state index < -0.39 is 0 Å². The van der Waals surface area contributed by atoms with E-state index >= 15 is 0 Å². The SMILES string of the molecule is CCC1(NCCn2cccn2)CCC1. The highest BCUT2D eigenvalue weighted by molar-refractivity contribution is 4.94. The fraction of sp³-hybridized carbons (Fsp3) is 0.727. The summed E-state index contributed by atoms with van der Waals surface area (Å²) in [4.78, 5) is 0. The van der Waals surface area contributed by atoms with E-state index in [0.29, 0.717) is 5.54 Å². The van der Waals surface area contributed by atoms with Crippen molar-refractivity contribution in [3.63, 3.8) is 0 Å². The fourth-order valence-corrected chi connectivity index (χ4v) is 2.13. The molecule has 3 heteroatoms. The van der Waals surface area contributed by atoms with Crippen LogP contribution in [-0.4, -0.2) is 21.9 Å². The molecule has 0 spiro atoms. The lowest BCUT2D eigenvalue weighted by molar-refractivity contribution is 0.175. The minimum absolute atomic E-state index is 0.465. The van der Waals surface area contributed by atoms with Gasteiger partial charge >= 0.3 is 0 Å². The van der Waals surface area contributed by atoms with E-state index in [1.807, 2.05) is 23.1 Å². The van der Waals surface area contributed by atoms with Gasteiger partial charge in [0.05, 0.1) is 6.54 Å². The molecule has 0 aromatic carbocycles. The topological polar surface area (TPSA) is 29.9 Å². The van der Waals surface area contributed by atoms with Gasteiger partial charge in [-0.25, -0.2) is 0 Å². The van der Waals surface area contributed by atoms with E-state index in [1.54, 1.807) is 0 Å². The first kappa shape index (κ1) is 9.71. The Morgan fingerprint density at radius 2 is 2.36 bits per heavy atom. The summed E-state index contributed by atoms with van der Waals surface area (Å²) in [5.74, 6) is 0. The summed E-state index contributed by atoms with van der Waals surface area (Å²) in [6, 6.07) is 1.97. The molecule has 1 N–H and O–H groups in total. The smallest absolute Gasteiger partial charge is 0.0534 e. The number of hydrogen-bond donors (Lipinski definition) is 1. The van der Waals surface area contributed by atoms with Crippen LogP contribution in [0.4, 0.5) is 0 Å². The lowest BCUT2D eigenvalue weighted by Crippen LogP contribution is -2.51. The number of rotatable bonds is 5. The molecule has 0 aliphatic heterocycles. The van der Waals surface area contributed by atoms with E-state index in [1.165, 1.54) is 25.7 Å². The average Bonchev–Trinajstić information content (AvgIpc) is 2.62. The Hall–Kier alpha value is -0.830. The number of nitrogens with one attached hydrogen (secondary N) is 1. The maximum atomic E-state index is 4.18. The van der Waals surface area contributed by atoms with Gasteiger partial charge in [0.25, 0.3) is 0 Å². The quantitative estimate of drug-likeness (QED) is 0.773. The molecule has 0 radical (unpaired) electrons. The van der Waals surface area contributed by atoms with Crippen LogP contribution in [0.3, 0.4) is 0 Å². The second kappa shape index (κ2) is 4.13. The molecule has 0 bridgehead atoms. The minimum atomic E-state index is 0.465. The minimum Gasteiger partial charge on any atom is -0.309 e. The van der Waals surface area contributed by atoms with Crippen LogP contribution in [0.15, 0.2) is 18.5 Å². The van der Waals surface area contributed by atoms with Crippen molar-refractivity contribution < 1.29 is 0 Å². The van der Waals surface area contributed by atoms with Crippen LogP contribution in [0.5, 0.6) is 0 Å². The molecule has 1 heterocycles. The lowest BCUT2D eigenvalue weighted by Gasteiger charge is -2.42. The molecule has 3 nitrogen and oxygen atoms in total. The number of nitrogens with zero attached hydrogens (tertiary/aromatic N) is 2. The van der Waals surface area contributed by atoms with Crippen LogP contribution in [0.25, 0.3) is 0 Å². The van der Waals surface area contributed by atoms with Crippen molar-refractivity contribution in [2.24, 2.45) is 0 Å². The summed E-state index contributed by atoms with van der Waals surface area (Å²) in [7, 11) is 0. The van der Waals surface area contributed by atoms with E-state index in [4.69, 9.17) is 0 Å². The van der Waals surface area contributed by atoms with Gasteiger partial charge in [-0.1, -0.05) is 6.92 Å². The first-order valence-electron chi connectivity index (χ1n) is 5.57. The zero-order valence-corrected chi connectivity index (χ0v) is 8.87. The first-order chi connectivity index (χ1) is 6.85. The zero-order valence-electron chi connectivity index (χ0n) is 8.87. The Labute approximate surface area is 85.5 Å². The molecule has 1 aliphatic rings. The van der Waals surface area contributed by atoms with Crippen molar-refractivity contribution >= 4 is 0 Å². The second-order valence-corrected chi connectivity index (χ2v) is 4.18. The summed E-state index contributed by atoms with van der Waals surface area (Å²) < 4.78 is 1.98. The Balaban J connectivity index is 1.72. The van der Waals surface area contributed by atoms with Crippen LogP contribution in [0, 0.1) is 0 Å². The average molecular weight is 193 g/mol. The summed E-state index contributed by atoms with van der Waals surface area (Å²) in [5.41, 5.74) is 0.465. The molecule has 1 aromatic heterocycles. The van der Waals surface area contributed by atoms with Gasteiger partial charge < -0.3 is 5.32 Å². The third-order valence-electron chi connectivity index (χ3n) is 3.39. The lowest BCUT2D eigenvalue weighted by atomic mass is 9.75. The van der Waals surface area contributed by atoms with Crippen molar-refractivity contribution in [1.29, 1.82) is 0 Å². The second-order valence-electron chi connectivity index (χ2n) is 4.18. The highest BCUT2D eigenvalue weighted by Crippen LogP contribution is 2.34. The van der Waals surface area contributed by atoms with Gasteiger partial charge in [0.1, 0.15) is 0 Å². The third kappa shape index (κ3) is 1.98. The van der Waals surface area contributed by atoms with Gasteiger partial charge in [0.15, 0.2) is 0 Å². The maximum absolute atomic E-state index is 4.18. The van der Waals surface area contributed by atoms with Gasteiger partial charge in [-0.05, 0) is 31.7 Å². The van der Waals surface area contributed by atoms with Crippen LogP contribution in [0.2, 0.25) is 0 Å². The monoisotopic (exact) mass is 193 g/mol. The Kier molecular flexibility index (Phi) is 2.87. The molecule has 1 aromatic rings.